The minimum atomic E-state index is -0.825. The molecule has 158 valence electrons. The van der Waals surface area contributed by atoms with Crippen LogP contribution in [0.25, 0.3) is 0 Å². The Labute approximate surface area is 176 Å². The number of cyclic esters (lactones) is 1. The molecule has 0 aromatic heterocycles. The molecule has 2 N–H and O–H groups in total. The summed E-state index contributed by atoms with van der Waals surface area (Å²) < 4.78 is 5.64. The fourth-order valence-corrected chi connectivity index (χ4v) is 3.47. The summed E-state index contributed by atoms with van der Waals surface area (Å²) in [7, 11) is 0. The van der Waals surface area contributed by atoms with Gasteiger partial charge in [0.15, 0.2) is 12.1 Å². The van der Waals surface area contributed by atoms with E-state index in [-0.39, 0.29) is 24.4 Å². The normalized spacial score (nSPS) is 18.3. The number of nitrogens with zero attached hydrogens (tertiary/aromatic N) is 1. The van der Waals surface area contributed by atoms with E-state index in [1.807, 2.05) is 45.0 Å². The van der Waals surface area contributed by atoms with Gasteiger partial charge in [0.05, 0.1) is 6.54 Å². The maximum absolute atomic E-state index is 13.0. The predicted octanol–water partition coefficient (Wildman–Crippen LogP) is 3.54. The van der Waals surface area contributed by atoms with Gasteiger partial charge in [-0.05, 0) is 44.0 Å². The summed E-state index contributed by atoms with van der Waals surface area (Å²) in [6, 6.07) is 13.9. The van der Waals surface area contributed by atoms with Crippen molar-refractivity contribution in [2.75, 3.05) is 5.32 Å². The number of hydrogen-bond acceptors (Lipinski definition) is 4. The van der Waals surface area contributed by atoms with Gasteiger partial charge in [-0.25, -0.2) is 4.79 Å². The van der Waals surface area contributed by atoms with Gasteiger partial charge in [0.1, 0.15) is 0 Å². The smallest absolute Gasteiger partial charge is 0.411 e. The van der Waals surface area contributed by atoms with E-state index < -0.39 is 18.2 Å². The largest absolute Gasteiger partial charge is 0.438 e. The van der Waals surface area contributed by atoms with Gasteiger partial charge in [0.2, 0.25) is 11.8 Å². The molecule has 30 heavy (non-hydrogen) atoms. The van der Waals surface area contributed by atoms with E-state index >= 15 is 0 Å². The monoisotopic (exact) mass is 409 g/mol. The fourth-order valence-electron chi connectivity index (χ4n) is 3.47. The Hall–Kier alpha value is -3.35. The van der Waals surface area contributed by atoms with Crippen LogP contribution in [0.2, 0.25) is 0 Å². The van der Waals surface area contributed by atoms with Gasteiger partial charge in [0.25, 0.3) is 0 Å². The predicted molar refractivity (Wildman–Crippen MR) is 114 cm³/mol. The number of nitrogens with one attached hydrogen (secondary N) is 2. The summed E-state index contributed by atoms with van der Waals surface area (Å²) in [4.78, 5) is 38.7. The molecule has 1 heterocycles. The summed E-state index contributed by atoms with van der Waals surface area (Å²) >= 11 is 0. The van der Waals surface area contributed by atoms with Crippen molar-refractivity contribution in [3.63, 3.8) is 0 Å². The molecule has 3 rings (SSSR count). The number of benzene rings is 2. The Morgan fingerprint density at radius 3 is 2.47 bits per heavy atom. The third-order valence-electron chi connectivity index (χ3n) is 4.79. The van der Waals surface area contributed by atoms with E-state index in [0.29, 0.717) is 11.3 Å². The Morgan fingerprint density at radius 2 is 1.83 bits per heavy atom. The summed E-state index contributed by atoms with van der Waals surface area (Å²) in [5.41, 5.74) is 3.25. The van der Waals surface area contributed by atoms with E-state index in [2.05, 4.69) is 10.6 Å². The first kappa shape index (κ1) is 21.4. The van der Waals surface area contributed by atoms with Gasteiger partial charge in [-0.2, -0.15) is 0 Å². The van der Waals surface area contributed by atoms with Crippen molar-refractivity contribution >= 4 is 23.6 Å². The lowest BCUT2D eigenvalue weighted by atomic mass is 9.99. The van der Waals surface area contributed by atoms with Gasteiger partial charge >= 0.3 is 6.09 Å². The molecule has 1 aliphatic heterocycles. The number of hydrogen-bond donors (Lipinski definition) is 2. The lowest BCUT2D eigenvalue weighted by Gasteiger charge is -2.25. The second-order valence-electron chi connectivity index (χ2n) is 7.83. The van der Waals surface area contributed by atoms with Gasteiger partial charge in [-0.15, -0.1) is 0 Å². The standard InChI is InChI=1S/C23H27N3O4/c1-14(2)24-22(28)20-21(18-6-5-7-19(12-18)25-16(4)27)30-23(29)26(20)13-17-10-8-15(3)9-11-17/h5-12,14,20-21H,13H2,1-4H3,(H,24,28)(H,25,27)/t20-,21+/m0/s1. The molecule has 2 atom stereocenters. The molecule has 2 aromatic rings. The van der Waals surface area contributed by atoms with Crippen LogP contribution >= 0.6 is 0 Å². The quantitative estimate of drug-likeness (QED) is 0.764. The van der Waals surface area contributed by atoms with Crippen molar-refractivity contribution in [3.05, 3.63) is 65.2 Å². The van der Waals surface area contributed by atoms with Crippen LogP contribution in [0.5, 0.6) is 0 Å². The zero-order valence-corrected chi connectivity index (χ0v) is 17.6. The Morgan fingerprint density at radius 1 is 1.13 bits per heavy atom. The zero-order valence-electron chi connectivity index (χ0n) is 17.6. The molecule has 0 bridgehead atoms. The highest BCUT2D eigenvalue weighted by Gasteiger charge is 2.47. The van der Waals surface area contributed by atoms with E-state index in [4.69, 9.17) is 4.74 Å². The molecule has 3 amide bonds. The molecule has 0 spiro atoms. The van der Waals surface area contributed by atoms with Crippen LogP contribution in [0.1, 0.15) is 43.6 Å². The van der Waals surface area contributed by atoms with Crippen LogP contribution in [-0.2, 0) is 20.9 Å². The third-order valence-corrected chi connectivity index (χ3v) is 4.79. The summed E-state index contributed by atoms with van der Waals surface area (Å²) in [5.74, 6) is -0.483. The van der Waals surface area contributed by atoms with E-state index in [1.165, 1.54) is 11.8 Å². The maximum Gasteiger partial charge on any atom is 0.411 e. The first-order chi connectivity index (χ1) is 14.2. The average molecular weight is 409 g/mol. The Kier molecular flexibility index (Phi) is 6.40. The molecule has 7 nitrogen and oxygen atoms in total. The molecule has 1 fully saturated rings. The SMILES string of the molecule is CC(=O)Nc1cccc([C@H]2OC(=O)N(Cc3ccc(C)cc3)[C@@H]2C(=O)NC(C)C)c1. The highest BCUT2D eigenvalue weighted by atomic mass is 16.6. The Bertz CT molecular complexity index is 940. The molecule has 0 aliphatic carbocycles. The average Bonchev–Trinajstić information content (AvgIpc) is 2.99. The van der Waals surface area contributed by atoms with Gasteiger partial charge < -0.3 is 15.4 Å². The van der Waals surface area contributed by atoms with Crippen LogP contribution in [0, 0.1) is 6.92 Å². The lowest BCUT2D eigenvalue weighted by molar-refractivity contribution is -0.126. The zero-order chi connectivity index (χ0) is 21.8. The van der Waals surface area contributed by atoms with Crippen molar-refractivity contribution in [2.24, 2.45) is 0 Å². The number of amides is 3. The minimum absolute atomic E-state index is 0.0826. The fraction of sp³-hybridized carbons (Fsp3) is 0.348. The van der Waals surface area contributed by atoms with Gasteiger partial charge in [0, 0.05) is 18.7 Å². The topological polar surface area (TPSA) is 87.7 Å². The van der Waals surface area contributed by atoms with Crippen molar-refractivity contribution in [1.82, 2.24) is 10.2 Å². The molecular weight excluding hydrogens is 382 g/mol. The number of aryl methyl sites for hydroxylation is 1. The lowest BCUT2D eigenvalue weighted by Crippen LogP contribution is -2.48. The Balaban J connectivity index is 1.93. The van der Waals surface area contributed by atoms with Crippen LogP contribution in [-0.4, -0.2) is 34.9 Å². The highest BCUT2D eigenvalue weighted by Crippen LogP contribution is 2.35. The summed E-state index contributed by atoms with van der Waals surface area (Å²) in [6.07, 6.45) is -1.33. The minimum Gasteiger partial charge on any atom is -0.438 e. The van der Waals surface area contributed by atoms with Crippen molar-refractivity contribution in [1.29, 1.82) is 0 Å². The number of anilines is 1. The molecule has 2 aromatic carbocycles. The number of carbonyl (C=O) groups excluding carboxylic acids is 3. The molecule has 1 aliphatic rings. The van der Waals surface area contributed by atoms with E-state index in [0.717, 1.165) is 11.1 Å². The molecule has 0 radical (unpaired) electrons. The summed E-state index contributed by atoms with van der Waals surface area (Å²) in [5, 5.41) is 5.61. The molecular formula is C23H27N3O4. The van der Waals surface area contributed by atoms with E-state index in [1.54, 1.807) is 24.3 Å². The first-order valence-electron chi connectivity index (χ1n) is 9.95. The van der Waals surface area contributed by atoms with Crippen molar-refractivity contribution in [2.45, 2.75) is 52.4 Å². The van der Waals surface area contributed by atoms with Crippen LogP contribution in [0.3, 0.4) is 0 Å². The second kappa shape index (κ2) is 8.98. The maximum atomic E-state index is 13.0. The molecule has 7 heteroatoms. The van der Waals surface area contributed by atoms with E-state index in [9.17, 15) is 14.4 Å². The van der Waals surface area contributed by atoms with Gasteiger partial charge in [-0.1, -0.05) is 42.0 Å². The van der Waals surface area contributed by atoms with Crippen molar-refractivity contribution < 1.29 is 19.1 Å². The molecule has 0 saturated carbocycles. The molecule has 0 unspecified atom stereocenters. The van der Waals surface area contributed by atoms with Crippen molar-refractivity contribution in [3.8, 4) is 0 Å². The molecule has 1 saturated heterocycles. The van der Waals surface area contributed by atoms with Crippen LogP contribution < -0.4 is 10.6 Å². The van der Waals surface area contributed by atoms with Crippen LogP contribution in [0.15, 0.2) is 48.5 Å². The highest BCUT2D eigenvalue weighted by molar-refractivity contribution is 5.90. The summed E-state index contributed by atoms with van der Waals surface area (Å²) in [6.45, 7) is 7.41. The number of rotatable bonds is 6. The van der Waals surface area contributed by atoms with Gasteiger partial charge in [-0.3, -0.25) is 14.5 Å². The second-order valence-corrected chi connectivity index (χ2v) is 7.83. The van der Waals surface area contributed by atoms with Crippen LogP contribution in [0.4, 0.5) is 10.5 Å². The number of ether oxygens (including phenoxy) is 1. The third kappa shape index (κ3) is 4.97. The number of carbonyl (C=O) groups is 3. The first-order valence-corrected chi connectivity index (χ1v) is 9.95.